The molecule has 2 aromatic rings. The number of aromatic nitrogens is 2. The van der Waals surface area contributed by atoms with Crippen LogP contribution in [-0.4, -0.2) is 45.6 Å². The Morgan fingerprint density at radius 1 is 1.29 bits per heavy atom. The fourth-order valence-corrected chi connectivity index (χ4v) is 3.68. The van der Waals surface area contributed by atoms with Crippen LogP contribution in [0.15, 0.2) is 30.3 Å². The summed E-state index contributed by atoms with van der Waals surface area (Å²) in [6.07, 6.45) is 1.78. The van der Waals surface area contributed by atoms with Crippen molar-refractivity contribution in [3.05, 3.63) is 47.3 Å². The predicted molar refractivity (Wildman–Crippen MR) is 94.2 cm³/mol. The molecule has 5 nitrogen and oxygen atoms in total. The largest absolute Gasteiger partial charge is 0.491 e. The zero-order valence-electron chi connectivity index (χ0n) is 14.8. The van der Waals surface area contributed by atoms with Crippen LogP contribution in [0, 0.1) is 13.8 Å². The van der Waals surface area contributed by atoms with E-state index in [9.17, 15) is 5.11 Å². The first-order chi connectivity index (χ1) is 11.6. The first-order valence-electron chi connectivity index (χ1n) is 8.66. The van der Waals surface area contributed by atoms with E-state index in [0.29, 0.717) is 19.2 Å². The molecule has 0 bridgehead atoms. The van der Waals surface area contributed by atoms with Crippen molar-refractivity contribution in [3.63, 3.8) is 0 Å². The SMILES string of the molecule is Cc1nn(C)c(C)c1[C@H]1CCCN1C[C@@H](O)COc1ccccc1. The van der Waals surface area contributed by atoms with Gasteiger partial charge in [-0.25, -0.2) is 0 Å². The van der Waals surface area contributed by atoms with Crippen LogP contribution in [0.5, 0.6) is 5.75 Å². The number of ether oxygens (including phenoxy) is 1. The summed E-state index contributed by atoms with van der Waals surface area (Å²) < 4.78 is 7.63. The predicted octanol–water partition coefficient (Wildman–Crippen LogP) is 2.61. The van der Waals surface area contributed by atoms with Crippen molar-refractivity contribution >= 4 is 0 Å². The number of β-amino-alcohol motifs (C(OH)–C–C–N with tert-alkyl or cyclic N) is 1. The number of aliphatic hydroxyl groups excluding tert-OH is 1. The summed E-state index contributed by atoms with van der Waals surface area (Å²) in [5, 5.41) is 14.9. The van der Waals surface area contributed by atoms with Crippen molar-refractivity contribution in [3.8, 4) is 5.75 Å². The molecule has 0 radical (unpaired) electrons. The van der Waals surface area contributed by atoms with Crippen LogP contribution in [0.4, 0.5) is 0 Å². The number of aliphatic hydroxyl groups is 1. The van der Waals surface area contributed by atoms with Gasteiger partial charge in [-0.3, -0.25) is 9.58 Å². The van der Waals surface area contributed by atoms with E-state index in [2.05, 4.69) is 23.8 Å². The lowest BCUT2D eigenvalue weighted by Crippen LogP contribution is -2.35. The Bertz CT molecular complexity index is 669. The molecule has 130 valence electrons. The minimum atomic E-state index is -0.497. The molecule has 5 heteroatoms. The van der Waals surface area contributed by atoms with E-state index in [1.165, 1.54) is 11.3 Å². The third-order valence-corrected chi connectivity index (χ3v) is 4.89. The van der Waals surface area contributed by atoms with E-state index in [0.717, 1.165) is 30.8 Å². The minimum absolute atomic E-state index is 0.318. The normalized spacial score (nSPS) is 19.6. The zero-order chi connectivity index (χ0) is 17.1. The third kappa shape index (κ3) is 3.62. The second-order valence-corrected chi connectivity index (χ2v) is 6.64. The Morgan fingerprint density at radius 2 is 2.04 bits per heavy atom. The van der Waals surface area contributed by atoms with Crippen LogP contribution in [0.25, 0.3) is 0 Å². The van der Waals surface area contributed by atoms with Crippen LogP contribution in [0.3, 0.4) is 0 Å². The van der Waals surface area contributed by atoms with E-state index in [-0.39, 0.29) is 0 Å². The van der Waals surface area contributed by atoms with Gasteiger partial charge in [-0.05, 0) is 45.4 Å². The van der Waals surface area contributed by atoms with Gasteiger partial charge in [0.05, 0.1) is 5.69 Å². The first-order valence-corrected chi connectivity index (χ1v) is 8.66. The molecular weight excluding hydrogens is 302 g/mol. The van der Waals surface area contributed by atoms with Gasteiger partial charge in [-0.1, -0.05) is 18.2 Å². The molecule has 1 N–H and O–H groups in total. The van der Waals surface area contributed by atoms with Crippen molar-refractivity contribution in [1.29, 1.82) is 0 Å². The molecule has 0 saturated carbocycles. The van der Waals surface area contributed by atoms with Gasteiger partial charge in [0.2, 0.25) is 0 Å². The van der Waals surface area contributed by atoms with Gasteiger partial charge in [0.25, 0.3) is 0 Å². The lowest BCUT2D eigenvalue weighted by molar-refractivity contribution is 0.0637. The van der Waals surface area contributed by atoms with Crippen molar-refractivity contribution in [2.24, 2.45) is 7.05 Å². The number of likely N-dealkylation sites (tertiary alicyclic amines) is 1. The highest BCUT2D eigenvalue weighted by Gasteiger charge is 2.31. The molecule has 1 aromatic heterocycles. The molecular formula is C19H27N3O2. The molecule has 2 heterocycles. The van der Waals surface area contributed by atoms with Crippen molar-refractivity contribution in [1.82, 2.24) is 14.7 Å². The molecule has 0 aliphatic carbocycles. The Hall–Kier alpha value is -1.85. The first kappa shape index (κ1) is 17.0. The van der Waals surface area contributed by atoms with Crippen molar-refractivity contribution in [2.75, 3.05) is 19.7 Å². The molecule has 1 aliphatic rings. The Labute approximate surface area is 143 Å². The summed E-state index contributed by atoms with van der Waals surface area (Å²) >= 11 is 0. The number of hydrogen-bond donors (Lipinski definition) is 1. The highest BCUT2D eigenvalue weighted by atomic mass is 16.5. The summed E-state index contributed by atoms with van der Waals surface area (Å²) in [5.74, 6) is 0.800. The maximum absolute atomic E-state index is 10.4. The van der Waals surface area contributed by atoms with E-state index in [4.69, 9.17) is 4.74 Å². The molecule has 24 heavy (non-hydrogen) atoms. The highest BCUT2D eigenvalue weighted by molar-refractivity contribution is 5.29. The molecule has 0 spiro atoms. The van der Waals surface area contributed by atoms with Gasteiger partial charge in [-0.15, -0.1) is 0 Å². The average molecular weight is 329 g/mol. The monoisotopic (exact) mass is 329 g/mol. The Morgan fingerprint density at radius 3 is 2.71 bits per heavy atom. The van der Waals surface area contributed by atoms with Crippen LogP contribution < -0.4 is 4.74 Å². The second-order valence-electron chi connectivity index (χ2n) is 6.64. The van der Waals surface area contributed by atoms with Gasteiger partial charge in [0, 0.05) is 30.9 Å². The maximum atomic E-state index is 10.4. The number of nitrogens with zero attached hydrogens (tertiary/aromatic N) is 3. The van der Waals surface area contributed by atoms with Gasteiger partial charge >= 0.3 is 0 Å². The van der Waals surface area contributed by atoms with Gasteiger partial charge in [0.1, 0.15) is 18.5 Å². The molecule has 2 atom stereocenters. The molecule has 1 saturated heterocycles. The summed E-state index contributed by atoms with van der Waals surface area (Å²) in [7, 11) is 1.99. The average Bonchev–Trinajstić information content (AvgIpc) is 3.11. The van der Waals surface area contributed by atoms with E-state index in [1.807, 2.05) is 42.1 Å². The van der Waals surface area contributed by atoms with Crippen molar-refractivity contribution < 1.29 is 9.84 Å². The van der Waals surface area contributed by atoms with E-state index in [1.54, 1.807) is 0 Å². The lowest BCUT2D eigenvalue weighted by Gasteiger charge is -2.27. The molecule has 0 unspecified atom stereocenters. The molecule has 0 amide bonds. The Kier molecular flexibility index (Phi) is 5.21. The van der Waals surface area contributed by atoms with Gasteiger partial charge in [-0.2, -0.15) is 5.10 Å². The van der Waals surface area contributed by atoms with E-state index < -0.39 is 6.10 Å². The third-order valence-electron chi connectivity index (χ3n) is 4.89. The molecule has 3 rings (SSSR count). The second kappa shape index (κ2) is 7.36. The Balaban J connectivity index is 1.61. The molecule has 1 aromatic carbocycles. The number of aryl methyl sites for hydroxylation is 2. The van der Waals surface area contributed by atoms with Crippen molar-refractivity contribution in [2.45, 2.75) is 38.8 Å². The van der Waals surface area contributed by atoms with Gasteiger partial charge < -0.3 is 9.84 Å². The summed E-state index contributed by atoms with van der Waals surface area (Å²) in [5.41, 5.74) is 3.65. The fraction of sp³-hybridized carbons (Fsp3) is 0.526. The highest BCUT2D eigenvalue weighted by Crippen LogP contribution is 2.35. The number of rotatable bonds is 6. The van der Waals surface area contributed by atoms with E-state index >= 15 is 0 Å². The van der Waals surface area contributed by atoms with Crippen LogP contribution in [0.1, 0.15) is 35.8 Å². The topological polar surface area (TPSA) is 50.5 Å². The lowest BCUT2D eigenvalue weighted by atomic mass is 10.0. The minimum Gasteiger partial charge on any atom is -0.491 e. The van der Waals surface area contributed by atoms with Crippen LogP contribution >= 0.6 is 0 Å². The summed E-state index contributed by atoms with van der Waals surface area (Å²) in [6, 6.07) is 10.0. The maximum Gasteiger partial charge on any atom is 0.119 e. The van der Waals surface area contributed by atoms with Gasteiger partial charge in [0.15, 0.2) is 0 Å². The summed E-state index contributed by atoms with van der Waals surface area (Å²) in [4.78, 5) is 2.37. The molecule has 1 fully saturated rings. The molecule has 1 aliphatic heterocycles. The number of benzene rings is 1. The number of para-hydroxylation sites is 1. The summed E-state index contributed by atoms with van der Waals surface area (Å²) in [6.45, 7) is 6.17. The van der Waals surface area contributed by atoms with Crippen LogP contribution in [0.2, 0.25) is 0 Å². The van der Waals surface area contributed by atoms with Crippen LogP contribution in [-0.2, 0) is 7.05 Å². The standard InChI is InChI=1S/C19H27N3O2/c1-14-19(15(2)21(3)20-14)18-10-7-11-22(18)12-16(23)13-24-17-8-5-4-6-9-17/h4-6,8-9,16,18,23H,7,10-13H2,1-3H3/t16-,18-/m1/s1. The number of hydrogen-bond acceptors (Lipinski definition) is 4. The smallest absolute Gasteiger partial charge is 0.119 e. The quantitative estimate of drug-likeness (QED) is 0.885. The fourth-order valence-electron chi connectivity index (χ4n) is 3.68. The zero-order valence-corrected chi connectivity index (χ0v) is 14.8.